The predicted molar refractivity (Wildman–Crippen MR) is 220 cm³/mol. The molecule has 0 amide bonds. The number of thiophene rings is 1. The van der Waals surface area contributed by atoms with Gasteiger partial charge in [0.2, 0.25) is 0 Å². The highest BCUT2D eigenvalue weighted by atomic mass is 32.1. The van der Waals surface area contributed by atoms with Gasteiger partial charge >= 0.3 is 0 Å². The summed E-state index contributed by atoms with van der Waals surface area (Å²) in [5, 5.41) is 12.1. The van der Waals surface area contributed by atoms with Crippen molar-refractivity contribution in [3.05, 3.63) is 169 Å². The Kier molecular flexibility index (Phi) is 7.33. The van der Waals surface area contributed by atoms with Crippen LogP contribution >= 0.6 is 11.3 Å². The highest BCUT2D eigenvalue weighted by molar-refractivity contribution is 7.25. The van der Waals surface area contributed by atoms with Crippen molar-refractivity contribution in [3.63, 3.8) is 0 Å². The first-order chi connectivity index (χ1) is 26.4. The smallest absolute Gasteiger partial charge is 0.164 e. The first-order valence-corrected chi connectivity index (χ1v) is 18.7. The molecular formula is C48H31N5S. The van der Waals surface area contributed by atoms with Gasteiger partial charge in [0.25, 0.3) is 0 Å². The van der Waals surface area contributed by atoms with Gasteiger partial charge in [0.15, 0.2) is 17.5 Å². The van der Waals surface area contributed by atoms with Crippen molar-refractivity contribution < 1.29 is 0 Å². The third kappa shape index (κ3) is 5.29. The predicted octanol–water partition coefficient (Wildman–Crippen LogP) is 12.1. The zero-order valence-corrected chi connectivity index (χ0v) is 30.4. The Morgan fingerprint density at radius 3 is 1.87 bits per heavy atom. The summed E-state index contributed by atoms with van der Waals surface area (Å²) in [5.74, 6) is 1.85. The molecule has 0 fully saturated rings. The zero-order chi connectivity index (χ0) is 36.4. The third-order valence-electron chi connectivity index (χ3n) is 10.6. The fourth-order valence-corrected chi connectivity index (χ4v) is 8.98. The summed E-state index contributed by atoms with van der Waals surface area (Å²) in [4.78, 5) is 19.7. The van der Waals surface area contributed by atoms with Gasteiger partial charge in [0.05, 0.1) is 11.6 Å². The number of hydrogen-bond acceptors (Lipinski definition) is 6. The fourth-order valence-electron chi connectivity index (χ4n) is 7.84. The van der Waals surface area contributed by atoms with Crippen molar-refractivity contribution in [2.24, 2.45) is 0 Å². The molecule has 9 aromatic rings. The standard InChI is InChI=1S/C48H31N5S/c1-48(2)41-22-29(28-49)12-15-37(41)38-16-13-32(26-42(38)48)35-23-34(30-18-20-50-21-19-30)24-36(25-35)47-52-45(31-8-4-3-5-9-31)51-46(53-47)33-14-17-40-39-10-6-7-11-43(39)54-44(40)27-33/h3-27H,1-2H3. The Morgan fingerprint density at radius 2 is 1.09 bits per heavy atom. The van der Waals surface area contributed by atoms with Gasteiger partial charge < -0.3 is 0 Å². The normalized spacial score (nSPS) is 12.8. The molecule has 0 spiro atoms. The second kappa shape index (κ2) is 12.4. The Hall–Kier alpha value is -6.81. The van der Waals surface area contributed by atoms with Gasteiger partial charge in [-0.25, -0.2) is 15.0 Å². The van der Waals surface area contributed by atoms with Crippen LogP contribution in [0, 0.1) is 11.3 Å². The van der Waals surface area contributed by atoms with E-state index >= 15 is 0 Å². The summed E-state index contributed by atoms with van der Waals surface area (Å²) in [6, 6.07) is 50.9. The minimum absolute atomic E-state index is 0.262. The number of nitrogens with zero attached hydrogens (tertiary/aromatic N) is 5. The van der Waals surface area contributed by atoms with Crippen LogP contribution in [0.15, 0.2) is 152 Å². The van der Waals surface area contributed by atoms with Crippen LogP contribution in [0.5, 0.6) is 0 Å². The van der Waals surface area contributed by atoms with Crippen LogP contribution in [0.25, 0.3) is 87.7 Å². The molecule has 5 nitrogen and oxygen atoms in total. The van der Waals surface area contributed by atoms with Crippen LogP contribution in [0.3, 0.4) is 0 Å². The Labute approximate surface area is 317 Å². The summed E-state index contributed by atoms with van der Waals surface area (Å²) < 4.78 is 2.46. The maximum Gasteiger partial charge on any atom is 0.164 e. The molecule has 254 valence electrons. The van der Waals surface area contributed by atoms with Crippen molar-refractivity contribution >= 4 is 31.5 Å². The van der Waals surface area contributed by atoms with Gasteiger partial charge in [-0.15, -0.1) is 11.3 Å². The van der Waals surface area contributed by atoms with Crippen LogP contribution < -0.4 is 0 Å². The lowest BCUT2D eigenvalue weighted by atomic mass is 9.81. The van der Waals surface area contributed by atoms with E-state index in [2.05, 4.69) is 110 Å². The Morgan fingerprint density at radius 1 is 0.481 bits per heavy atom. The number of benzene rings is 6. The maximum atomic E-state index is 9.65. The molecule has 6 aromatic carbocycles. The van der Waals surface area contributed by atoms with Crippen LogP contribution in [0.2, 0.25) is 0 Å². The van der Waals surface area contributed by atoms with E-state index in [1.807, 2.05) is 67.0 Å². The topological polar surface area (TPSA) is 75.3 Å². The fraction of sp³-hybridized carbons (Fsp3) is 0.0625. The molecule has 0 bridgehead atoms. The number of rotatable bonds is 5. The van der Waals surface area contributed by atoms with Gasteiger partial charge in [0, 0.05) is 54.7 Å². The molecule has 1 aliphatic rings. The minimum atomic E-state index is -0.262. The van der Waals surface area contributed by atoms with Gasteiger partial charge in [-0.2, -0.15) is 5.26 Å². The van der Waals surface area contributed by atoms with Gasteiger partial charge in [-0.3, -0.25) is 4.98 Å². The van der Waals surface area contributed by atoms with Gasteiger partial charge in [-0.05, 0) is 105 Å². The quantitative estimate of drug-likeness (QED) is 0.178. The average molecular weight is 710 g/mol. The number of nitriles is 1. The lowest BCUT2D eigenvalue weighted by Gasteiger charge is -2.22. The Bertz CT molecular complexity index is 2980. The molecule has 0 atom stereocenters. The van der Waals surface area contributed by atoms with Crippen LogP contribution in [-0.2, 0) is 5.41 Å². The van der Waals surface area contributed by atoms with Crippen molar-refractivity contribution in [1.29, 1.82) is 5.26 Å². The van der Waals surface area contributed by atoms with E-state index < -0.39 is 0 Å². The van der Waals surface area contributed by atoms with Crippen molar-refractivity contribution in [1.82, 2.24) is 19.9 Å². The van der Waals surface area contributed by atoms with Crippen LogP contribution in [0.4, 0.5) is 0 Å². The first kappa shape index (κ1) is 31.9. The highest BCUT2D eigenvalue weighted by Gasteiger charge is 2.36. The second-order valence-corrected chi connectivity index (χ2v) is 15.4. The Balaban J connectivity index is 1.16. The molecule has 0 N–H and O–H groups in total. The number of aromatic nitrogens is 4. The molecule has 0 unspecified atom stereocenters. The zero-order valence-electron chi connectivity index (χ0n) is 29.6. The number of pyridine rings is 1. The van der Waals surface area contributed by atoms with E-state index in [9.17, 15) is 5.26 Å². The molecule has 3 heterocycles. The minimum Gasteiger partial charge on any atom is -0.265 e. The second-order valence-electron chi connectivity index (χ2n) is 14.3. The molecule has 1 aliphatic carbocycles. The summed E-state index contributed by atoms with van der Waals surface area (Å²) in [6.07, 6.45) is 3.65. The summed E-state index contributed by atoms with van der Waals surface area (Å²) in [5.41, 5.74) is 12.3. The SMILES string of the molecule is CC1(C)c2cc(C#N)ccc2-c2ccc(-c3cc(-c4ccncc4)cc(-c4nc(-c5ccccc5)nc(-c5ccc6c(c5)sc5ccccc56)n4)c3)cc21. The van der Waals surface area contributed by atoms with Gasteiger partial charge in [0.1, 0.15) is 0 Å². The lowest BCUT2D eigenvalue weighted by molar-refractivity contribution is 0.660. The lowest BCUT2D eigenvalue weighted by Crippen LogP contribution is -2.15. The third-order valence-corrected chi connectivity index (χ3v) is 11.8. The number of fused-ring (bicyclic) bond motifs is 6. The maximum absolute atomic E-state index is 9.65. The largest absolute Gasteiger partial charge is 0.265 e. The van der Waals surface area contributed by atoms with E-state index in [-0.39, 0.29) is 5.41 Å². The van der Waals surface area contributed by atoms with Crippen molar-refractivity contribution in [2.75, 3.05) is 0 Å². The summed E-state index contributed by atoms with van der Waals surface area (Å²) >= 11 is 1.79. The van der Waals surface area contributed by atoms with Crippen LogP contribution in [-0.4, -0.2) is 19.9 Å². The van der Waals surface area contributed by atoms with E-state index in [0.717, 1.165) is 38.9 Å². The molecule has 54 heavy (non-hydrogen) atoms. The van der Waals surface area contributed by atoms with E-state index in [1.165, 1.54) is 42.4 Å². The van der Waals surface area contributed by atoms with Gasteiger partial charge in [-0.1, -0.05) is 92.7 Å². The molecule has 0 saturated carbocycles. The molecule has 3 aromatic heterocycles. The summed E-state index contributed by atoms with van der Waals surface area (Å²) in [7, 11) is 0. The molecule has 10 rings (SSSR count). The van der Waals surface area contributed by atoms with E-state index in [0.29, 0.717) is 23.0 Å². The van der Waals surface area contributed by atoms with Crippen LogP contribution in [0.1, 0.15) is 30.5 Å². The molecule has 0 saturated heterocycles. The molecule has 0 aliphatic heterocycles. The van der Waals surface area contributed by atoms with E-state index in [1.54, 1.807) is 11.3 Å². The molecule has 6 heteroatoms. The summed E-state index contributed by atoms with van der Waals surface area (Å²) in [6.45, 7) is 4.49. The van der Waals surface area contributed by atoms with E-state index in [4.69, 9.17) is 15.0 Å². The van der Waals surface area contributed by atoms with Crippen molar-refractivity contribution in [2.45, 2.75) is 19.3 Å². The average Bonchev–Trinajstić information content (AvgIpc) is 3.71. The monoisotopic (exact) mass is 709 g/mol. The molecular weight excluding hydrogens is 679 g/mol. The highest BCUT2D eigenvalue weighted by Crippen LogP contribution is 2.50. The molecule has 0 radical (unpaired) electrons. The number of hydrogen-bond donors (Lipinski definition) is 0. The first-order valence-electron chi connectivity index (χ1n) is 17.9. The van der Waals surface area contributed by atoms with Crippen molar-refractivity contribution in [3.8, 4) is 73.6 Å².